The molecule has 2 heteroatoms. The van der Waals surface area contributed by atoms with E-state index in [0.717, 1.165) is 5.75 Å². The number of ether oxygens (including phenoxy) is 1. The summed E-state index contributed by atoms with van der Waals surface area (Å²) in [5.74, 6) is 0.887. The van der Waals surface area contributed by atoms with Crippen LogP contribution in [-0.2, 0) is 0 Å². The van der Waals surface area contributed by atoms with E-state index < -0.39 is 0 Å². The Kier molecular flexibility index (Phi) is 5.11. The maximum atomic E-state index is 5.38. The van der Waals surface area contributed by atoms with Crippen LogP contribution < -0.4 is 23.6 Å². The van der Waals surface area contributed by atoms with Crippen LogP contribution >= 0.6 is 0 Å². The Morgan fingerprint density at radius 1 is 1.45 bits per heavy atom. The van der Waals surface area contributed by atoms with Crippen LogP contribution in [0.3, 0.4) is 0 Å². The van der Waals surface area contributed by atoms with Crippen LogP contribution in [0.5, 0.6) is 5.75 Å². The average molecular weight is 142 g/mol. The Bertz CT molecular complexity index is 184. The van der Waals surface area contributed by atoms with Gasteiger partial charge in [0.1, 0.15) is 0 Å². The topological polar surface area (TPSA) is 9.23 Å². The molecule has 0 aliphatic heterocycles. The van der Waals surface area contributed by atoms with Crippen molar-refractivity contribution in [1.29, 1.82) is 0 Å². The monoisotopic (exact) mass is 142 g/mol. The van der Waals surface area contributed by atoms with E-state index in [4.69, 9.17) is 4.74 Å². The molecule has 1 rings (SSSR count). The summed E-state index contributed by atoms with van der Waals surface area (Å²) in [6.45, 7) is 4.01. The van der Waals surface area contributed by atoms with E-state index in [1.807, 2.05) is 38.1 Å². The molecule has 1 aromatic carbocycles. The van der Waals surface area contributed by atoms with Crippen molar-refractivity contribution in [2.75, 3.05) is 0 Å². The zero-order valence-corrected chi connectivity index (χ0v) is 7.29. The molecule has 0 atom stereocenters. The van der Waals surface area contributed by atoms with Gasteiger partial charge in [0.25, 0.3) is 0 Å². The van der Waals surface area contributed by atoms with Gasteiger partial charge in [0, 0.05) is 5.75 Å². The van der Waals surface area contributed by atoms with E-state index in [2.05, 4.69) is 6.07 Å². The molecule has 54 valence electrons. The number of hydrogen-bond donors (Lipinski definition) is 0. The molecular weight excluding hydrogens is 131 g/mol. The zero-order valence-electron chi connectivity index (χ0n) is 7.29. The third kappa shape index (κ3) is 4.13. The molecule has 0 aromatic heterocycles. The van der Waals surface area contributed by atoms with E-state index in [1.54, 1.807) is 0 Å². The normalized spacial score (nSPS) is 9.00. The van der Waals surface area contributed by atoms with Crippen LogP contribution in [0.15, 0.2) is 24.3 Å². The number of rotatable bonds is 2. The van der Waals surface area contributed by atoms with Crippen molar-refractivity contribution in [1.82, 2.24) is 0 Å². The molecule has 0 fully saturated rings. The Morgan fingerprint density at radius 2 is 2.18 bits per heavy atom. The molecule has 0 bridgehead atoms. The van der Waals surface area contributed by atoms with Crippen molar-refractivity contribution in [3.63, 3.8) is 0 Å². The Labute approximate surface area is 79.9 Å². The van der Waals surface area contributed by atoms with E-state index in [0.29, 0.717) is 0 Å². The van der Waals surface area contributed by atoms with Crippen molar-refractivity contribution in [3.05, 3.63) is 30.3 Å². The predicted molar refractivity (Wildman–Crippen MR) is 41.0 cm³/mol. The first-order valence-electron chi connectivity index (χ1n) is 3.42. The van der Waals surface area contributed by atoms with Gasteiger partial charge in [-0.2, -0.15) is 18.2 Å². The van der Waals surface area contributed by atoms with E-state index in [9.17, 15) is 0 Å². The smallest absolute Gasteiger partial charge is 0.549 e. The van der Waals surface area contributed by atoms with Gasteiger partial charge in [-0.25, -0.2) is 0 Å². The van der Waals surface area contributed by atoms with Gasteiger partial charge < -0.3 is 4.74 Å². The SMILES string of the molecule is CC(C)Oc1c[c-]ccc1.[Li+]. The summed E-state index contributed by atoms with van der Waals surface area (Å²) in [4.78, 5) is 0. The van der Waals surface area contributed by atoms with Gasteiger partial charge >= 0.3 is 18.9 Å². The third-order valence-electron chi connectivity index (χ3n) is 1.05. The van der Waals surface area contributed by atoms with Crippen LogP contribution in [0.4, 0.5) is 0 Å². The molecule has 1 aromatic rings. The summed E-state index contributed by atoms with van der Waals surface area (Å²) in [5, 5.41) is 0. The molecule has 0 saturated carbocycles. The van der Waals surface area contributed by atoms with Crippen LogP contribution in [0.1, 0.15) is 13.8 Å². The second-order valence-electron chi connectivity index (χ2n) is 2.41. The molecule has 0 saturated heterocycles. The van der Waals surface area contributed by atoms with Gasteiger partial charge in [0.2, 0.25) is 0 Å². The number of benzene rings is 1. The van der Waals surface area contributed by atoms with E-state index >= 15 is 0 Å². The molecule has 0 aliphatic carbocycles. The first-order valence-corrected chi connectivity index (χ1v) is 3.42. The molecule has 11 heavy (non-hydrogen) atoms. The van der Waals surface area contributed by atoms with Gasteiger partial charge in [-0.05, 0) is 13.8 Å². The Morgan fingerprint density at radius 3 is 2.64 bits per heavy atom. The van der Waals surface area contributed by atoms with Gasteiger partial charge in [0.15, 0.2) is 0 Å². The maximum absolute atomic E-state index is 5.38. The van der Waals surface area contributed by atoms with Gasteiger partial charge in [-0.1, -0.05) is 0 Å². The van der Waals surface area contributed by atoms with Crippen molar-refractivity contribution in [2.45, 2.75) is 20.0 Å². The fourth-order valence-electron chi connectivity index (χ4n) is 0.722. The molecule has 0 N–H and O–H groups in total. The van der Waals surface area contributed by atoms with Gasteiger partial charge in [0.05, 0.1) is 6.10 Å². The summed E-state index contributed by atoms with van der Waals surface area (Å²) in [6.07, 6.45) is 0.246. The summed E-state index contributed by atoms with van der Waals surface area (Å²) < 4.78 is 5.38. The average Bonchev–Trinajstić information content (AvgIpc) is 1.88. The second kappa shape index (κ2) is 5.29. The fourth-order valence-corrected chi connectivity index (χ4v) is 0.722. The summed E-state index contributed by atoms with van der Waals surface area (Å²) in [6, 6.07) is 10.5. The van der Waals surface area contributed by atoms with Crippen LogP contribution in [0, 0.1) is 6.07 Å². The van der Waals surface area contributed by atoms with E-state index in [-0.39, 0.29) is 25.0 Å². The van der Waals surface area contributed by atoms with Gasteiger partial charge in [-0.3, -0.25) is 0 Å². The Hall–Kier alpha value is -0.383. The van der Waals surface area contributed by atoms with Gasteiger partial charge in [-0.15, -0.1) is 12.1 Å². The van der Waals surface area contributed by atoms with Crippen LogP contribution in [-0.4, -0.2) is 6.10 Å². The zero-order chi connectivity index (χ0) is 7.40. The molecule has 0 radical (unpaired) electrons. The maximum Gasteiger partial charge on any atom is 1.00 e. The van der Waals surface area contributed by atoms with Crippen molar-refractivity contribution >= 4 is 0 Å². The Balaban J connectivity index is 0.000001000. The first-order chi connectivity index (χ1) is 4.79. The minimum Gasteiger partial charge on any atom is -0.549 e. The second-order valence-corrected chi connectivity index (χ2v) is 2.41. The summed E-state index contributed by atoms with van der Waals surface area (Å²) >= 11 is 0. The molecule has 0 spiro atoms. The van der Waals surface area contributed by atoms with E-state index in [1.165, 1.54) is 0 Å². The minimum atomic E-state index is 0. The van der Waals surface area contributed by atoms with Crippen LogP contribution in [0.2, 0.25) is 0 Å². The molecule has 0 aliphatic rings. The fraction of sp³-hybridized carbons (Fsp3) is 0.333. The summed E-state index contributed by atoms with van der Waals surface area (Å²) in [5.41, 5.74) is 0. The molecular formula is C9H11LiO. The van der Waals surface area contributed by atoms with Crippen molar-refractivity contribution in [3.8, 4) is 5.75 Å². The van der Waals surface area contributed by atoms with Crippen molar-refractivity contribution in [2.24, 2.45) is 0 Å². The van der Waals surface area contributed by atoms with Crippen molar-refractivity contribution < 1.29 is 23.6 Å². The largest absolute Gasteiger partial charge is 1.00 e. The molecule has 1 nitrogen and oxygen atoms in total. The minimum absolute atomic E-state index is 0. The quantitative estimate of drug-likeness (QED) is 0.391. The summed E-state index contributed by atoms with van der Waals surface area (Å²) in [7, 11) is 0. The first kappa shape index (κ1) is 10.6. The number of hydrogen-bond acceptors (Lipinski definition) is 1. The standard InChI is InChI=1S/C9H11O.Li/c1-8(2)10-9-6-4-3-5-7-9;/h3-4,6-8H,1-2H3;/q-1;+1. The molecule has 0 amide bonds. The molecule has 0 heterocycles. The van der Waals surface area contributed by atoms with Crippen LogP contribution in [0.25, 0.3) is 0 Å². The predicted octanol–water partition coefficient (Wildman–Crippen LogP) is -0.722. The third-order valence-corrected chi connectivity index (χ3v) is 1.05. The molecule has 0 unspecified atom stereocenters.